The molecule has 0 fully saturated rings. The third kappa shape index (κ3) is 27.4. The average molecular weight is 500 g/mol. The van der Waals surface area contributed by atoms with E-state index in [0.717, 1.165) is 31.6 Å². The molecule has 1 N–H and O–H groups in total. The predicted molar refractivity (Wildman–Crippen MR) is 141 cm³/mol. The van der Waals surface area contributed by atoms with E-state index < -0.39 is 5.97 Å². The van der Waals surface area contributed by atoms with E-state index in [1.54, 1.807) is 0 Å². The molecule has 0 saturated heterocycles. The summed E-state index contributed by atoms with van der Waals surface area (Å²) >= 11 is 3.58. The number of halogens is 1. The van der Waals surface area contributed by atoms with Crippen LogP contribution in [-0.4, -0.2) is 11.1 Å². The van der Waals surface area contributed by atoms with Crippen molar-refractivity contribution in [1.82, 2.24) is 0 Å². The van der Waals surface area contributed by atoms with Crippen molar-refractivity contribution in [3.05, 3.63) is 22.7 Å². The first-order valence-electron chi connectivity index (χ1n) is 13.2. The fourth-order valence-corrected chi connectivity index (χ4v) is 4.29. The number of carbonyl (C=O) groups is 1. The van der Waals surface area contributed by atoms with Gasteiger partial charge < -0.3 is 5.11 Å². The fourth-order valence-electron chi connectivity index (χ4n) is 3.83. The molecular weight excluding hydrogens is 448 g/mol. The SMILES string of the molecule is CC(C)CCCCCCCCCCCCCCC/C=C\CC/C(Br)=C\CCCC(=O)O. The molecule has 182 valence electrons. The van der Waals surface area contributed by atoms with Crippen LogP contribution >= 0.6 is 15.9 Å². The van der Waals surface area contributed by atoms with E-state index >= 15 is 0 Å². The molecule has 0 unspecified atom stereocenters. The number of aliphatic carboxylic acids is 1. The molecule has 0 heterocycles. The third-order valence-electron chi connectivity index (χ3n) is 5.83. The van der Waals surface area contributed by atoms with Crippen molar-refractivity contribution in [2.45, 2.75) is 142 Å². The van der Waals surface area contributed by atoms with Crippen LogP contribution in [-0.2, 0) is 4.79 Å². The molecule has 0 aromatic heterocycles. The van der Waals surface area contributed by atoms with Crippen LogP contribution in [0.5, 0.6) is 0 Å². The molecule has 0 amide bonds. The highest BCUT2D eigenvalue weighted by atomic mass is 79.9. The number of carboxylic acids is 1. The normalized spacial score (nSPS) is 12.3. The quantitative estimate of drug-likeness (QED) is 0.112. The van der Waals surface area contributed by atoms with Crippen LogP contribution in [0.3, 0.4) is 0 Å². The van der Waals surface area contributed by atoms with Crippen molar-refractivity contribution in [2.75, 3.05) is 0 Å². The lowest BCUT2D eigenvalue weighted by Gasteiger charge is -2.04. The molecule has 0 aliphatic carbocycles. The zero-order valence-electron chi connectivity index (χ0n) is 20.7. The highest BCUT2D eigenvalue weighted by Gasteiger charge is 1.97. The van der Waals surface area contributed by atoms with E-state index in [1.807, 2.05) is 0 Å². The van der Waals surface area contributed by atoms with Crippen LogP contribution < -0.4 is 0 Å². The van der Waals surface area contributed by atoms with Gasteiger partial charge in [0.25, 0.3) is 0 Å². The summed E-state index contributed by atoms with van der Waals surface area (Å²) in [4.78, 5) is 10.5. The molecule has 0 spiro atoms. The minimum Gasteiger partial charge on any atom is -0.481 e. The second-order valence-electron chi connectivity index (χ2n) is 9.51. The standard InChI is InChI=1S/C28H51BrO2/c1-26(2)22-18-16-14-12-10-8-6-4-3-5-7-9-11-13-15-17-19-23-27(29)24-20-21-25-28(30)31/h15,17,24,26H,3-14,16,18-23,25H2,1-2H3,(H,30,31)/b17-15-,27-24+. The molecule has 0 rings (SSSR count). The molecule has 3 heteroatoms. The van der Waals surface area contributed by atoms with Crippen LogP contribution in [0.25, 0.3) is 0 Å². The van der Waals surface area contributed by atoms with E-state index in [9.17, 15) is 4.79 Å². The van der Waals surface area contributed by atoms with Gasteiger partial charge in [-0.1, -0.05) is 131 Å². The van der Waals surface area contributed by atoms with Gasteiger partial charge in [0.05, 0.1) is 0 Å². The molecule has 0 aromatic rings. The van der Waals surface area contributed by atoms with E-state index in [-0.39, 0.29) is 6.42 Å². The smallest absolute Gasteiger partial charge is 0.303 e. The Labute approximate surface area is 202 Å². The van der Waals surface area contributed by atoms with Crippen LogP contribution in [0.4, 0.5) is 0 Å². The molecule has 2 nitrogen and oxygen atoms in total. The first kappa shape index (κ1) is 30.4. The first-order valence-corrected chi connectivity index (χ1v) is 14.0. The van der Waals surface area contributed by atoms with Gasteiger partial charge in [0.1, 0.15) is 0 Å². The van der Waals surface area contributed by atoms with Crippen molar-refractivity contribution in [1.29, 1.82) is 0 Å². The number of unbranched alkanes of at least 4 members (excludes halogenated alkanes) is 14. The highest BCUT2D eigenvalue weighted by Crippen LogP contribution is 2.16. The van der Waals surface area contributed by atoms with Gasteiger partial charge in [-0.15, -0.1) is 0 Å². The first-order chi connectivity index (χ1) is 15.0. The van der Waals surface area contributed by atoms with Gasteiger partial charge in [-0.2, -0.15) is 0 Å². The number of rotatable bonds is 23. The van der Waals surface area contributed by atoms with Gasteiger partial charge >= 0.3 is 5.97 Å². The van der Waals surface area contributed by atoms with Gasteiger partial charge in [-0.3, -0.25) is 4.79 Å². The molecule has 0 aromatic carbocycles. The zero-order chi connectivity index (χ0) is 23.0. The maximum Gasteiger partial charge on any atom is 0.303 e. The second-order valence-corrected chi connectivity index (χ2v) is 10.5. The number of allylic oxidation sites excluding steroid dienone is 4. The molecule has 0 saturated carbocycles. The highest BCUT2D eigenvalue weighted by molar-refractivity contribution is 9.11. The summed E-state index contributed by atoms with van der Waals surface area (Å²) in [5, 5.41) is 8.62. The number of hydrogen-bond acceptors (Lipinski definition) is 1. The molecular formula is C28H51BrO2. The van der Waals surface area contributed by atoms with Gasteiger partial charge in [0.2, 0.25) is 0 Å². The van der Waals surface area contributed by atoms with Gasteiger partial charge in [0, 0.05) is 6.42 Å². The lowest BCUT2D eigenvalue weighted by molar-refractivity contribution is -0.137. The minimum absolute atomic E-state index is 0.259. The maximum atomic E-state index is 10.5. The van der Waals surface area contributed by atoms with Crippen molar-refractivity contribution in [2.24, 2.45) is 5.92 Å². The summed E-state index contributed by atoms with van der Waals surface area (Å²) in [5.41, 5.74) is 0. The Morgan fingerprint density at radius 3 is 1.68 bits per heavy atom. The van der Waals surface area contributed by atoms with Crippen LogP contribution in [0.2, 0.25) is 0 Å². The topological polar surface area (TPSA) is 37.3 Å². The summed E-state index contributed by atoms with van der Waals surface area (Å²) in [6.07, 6.45) is 31.7. The summed E-state index contributed by atoms with van der Waals surface area (Å²) in [7, 11) is 0. The maximum absolute atomic E-state index is 10.5. The van der Waals surface area contributed by atoms with Crippen molar-refractivity contribution >= 4 is 21.9 Å². The van der Waals surface area contributed by atoms with Gasteiger partial charge in [-0.05, 0) is 48.9 Å². The third-order valence-corrected chi connectivity index (χ3v) is 6.55. The van der Waals surface area contributed by atoms with Crippen molar-refractivity contribution in [3.8, 4) is 0 Å². The molecule has 0 aliphatic rings. The molecule has 0 atom stereocenters. The lowest BCUT2D eigenvalue weighted by atomic mass is 10.0. The van der Waals surface area contributed by atoms with Crippen LogP contribution in [0.15, 0.2) is 22.7 Å². The summed E-state index contributed by atoms with van der Waals surface area (Å²) in [6, 6.07) is 0. The van der Waals surface area contributed by atoms with Gasteiger partial charge in [-0.25, -0.2) is 0 Å². The lowest BCUT2D eigenvalue weighted by Crippen LogP contribution is -1.92. The van der Waals surface area contributed by atoms with E-state index in [1.165, 1.54) is 101 Å². The van der Waals surface area contributed by atoms with Crippen LogP contribution in [0.1, 0.15) is 142 Å². The zero-order valence-corrected chi connectivity index (χ0v) is 22.3. The molecule has 0 radical (unpaired) electrons. The predicted octanol–water partition coefficient (Wildman–Crippen LogP) is 10.4. The minimum atomic E-state index is -0.707. The van der Waals surface area contributed by atoms with E-state index in [2.05, 4.69) is 48.0 Å². The number of hydrogen-bond donors (Lipinski definition) is 1. The summed E-state index contributed by atoms with van der Waals surface area (Å²) < 4.78 is 1.20. The van der Waals surface area contributed by atoms with Crippen molar-refractivity contribution in [3.63, 3.8) is 0 Å². The molecule has 0 aliphatic heterocycles. The van der Waals surface area contributed by atoms with Crippen molar-refractivity contribution < 1.29 is 9.90 Å². The fraction of sp³-hybridized carbons (Fsp3) is 0.821. The second kappa shape index (κ2) is 24.1. The Hall–Kier alpha value is -0.570. The van der Waals surface area contributed by atoms with E-state index in [4.69, 9.17) is 5.11 Å². The Balaban J connectivity index is 3.25. The Bertz CT molecular complexity index is 454. The Morgan fingerprint density at radius 2 is 1.16 bits per heavy atom. The monoisotopic (exact) mass is 498 g/mol. The van der Waals surface area contributed by atoms with Crippen LogP contribution in [0, 0.1) is 5.92 Å². The van der Waals surface area contributed by atoms with Gasteiger partial charge in [0.15, 0.2) is 0 Å². The largest absolute Gasteiger partial charge is 0.481 e. The van der Waals surface area contributed by atoms with E-state index in [0.29, 0.717) is 0 Å². The summed E-state index contributed by atoms with van der Waals surface area (Å²) in [6.45, 7) is 4.66. The number of carboxylic acid groups (broad SMARTS) is 1. The summed E-state index contributed by atoms with van der Waals surface area (Å²) in [5.74, 6) is 0.169. The Kier molecular flexibility index (Phi) is 23.6. The Morgan fingerprint density at radius 1 is 0.677 bits per heavy atom. The molecule has 0 bridgehead atoms. The molecule has 31 heavy (non-hydrogen) atoms. The average Bonchev–Trinajstić information content (AvgIpc) is 2.72.